The second-order valence-corrected chi connectivity index (χ2v) is 18.0. The molecule has 3 aliphatic carbocycles. The molecule has 6 aromatic rings. The van der Waals surface area contributed by atoms with Crippen LogP contribution in [0.2, 0.25) is 0 Å². The van der Waals surface area contributed by atoms with Crippen molar-refractivity contribution in [2.45, 2.75) is 83.1 Å². The summed E-state index contributed by atoms with van der Waals surface area (Å²) >= 11 is 2.05. The maximum atomic E-state index is 14.2. The van der Waals surface area contributed by atoms with Gasteiger partial charge in [0.05, 0.1) is 30.8 Å². The van der Waals surface area contributed by atoms with Crippen LogP contribution in [0.3, 0.4) is 0 Å². The molecule has 7 heteroatoms. The quantitative estimate of drug-likeness (QED) is 0.135. The summed E-state index contributed by atoms with van der Waals surface area (Å²) in [5.41, 5.74) is 12.0. The van der Waals surface area contributed by atoms with E-state index in [0.717, 1.165) is 16.7 Å². The third-order valence-electron chi connectivity index (χ3n) is 10.9. The van der Waals surface area contributed by atoms with E-state index in [9.17, 15) is 19.2 Å². The zero-order valence-corrected chi connectivity index (χ0v) is 30.8. The number of fused-ring (bicyclic) bond motifs is 2. The third kappa shape index (κ3) is 3.85. The molecular formula is C41H37IN2O4. The van der Waals surface area contributed by atoms with Crippen LogP contribution in [0.5, 0.6) is 0 Å². The smallest absolute Gasteiger partial charge is 0.266 e. The molecule has 0 fully saturated rings. The van der Waals surface area contributed by atoms with Crippen LogP contribution in [0, 0.1) is 27.7 Å². The van der Waals surface area contributed by atoms with Crippen LogP contribution in [-0.4, -0.2) is 9.13 Å². The molecule has 242 valence electrons. The van der Waals surface area contributed by atoms with Gasteiger partial charge in [0.2, 0.25) is 0 Å². The molecule has 3 aliphatic rings. The van der Waals surface area contributed by atoms with Gasteiger partial charge in [0.15, 0.2) is 0 Å². The molecule has 6 nitrogen and oxygen atoms in total. The topological polar surface area (TPSA) is 78.1 Å². The van der Waals surface area contributed by atoms with Crippen molar-refractivity contribution in [2.75, 3.05) is 0 Å². The first-order valence-corrected chi connectivity index (χ1v) is 17.5. The first-order valence-electron chi connectivity index (χ1n) is 16.5. The SMILES string of the molecule is Cc1cc2c(c(C)c1-n1c(=O)c3cc4c(=O)n(C(C)(C)I)c(=O)c4cc3c1=O)C1c3ccccc3C2c2cc(C)c(C(C)(C)C)c(C)c21. The maximum Gasteiger partial charge on any atom is 0.266 e. The second-order valence-electron chi connectivity index (χ2n) is 15.4. The lowest BCUT2D eigenvalue weighted by Gasteiger charge is -2.45. The van der Waals surface area contributed by atoms with E-state index in [0.29, 0.717) is 5.69 Å². The molecule has 0 saturated heterocycles. The van der Waals surface area contributed by atoms with Gasteiger partial charge in [-0.05, 0) is 120 Å². The summed E-state index contributed by atoms with van der Waals surface area (Å²) in [6.07, 6.45) is 0. The summed E-state index contributed by atoms with van der Waals surface area (Å²) in [5.74, 6) is -0.00422. The molecule has 4 aromatic carbocycles. The Bertz CT molecular complexity index is 2590. The molecule has 0 N–H and O–H groups in total. The lowest BCUT2D eigenvalue weighted by atomic mass is 9.58. The van der Waals surface area contributed by atoms with Crippen LogP contribution < -0.4 is 22.2 Å². The molecule has 0 spiro atoms. The highest BCUT2D eigenvalue weighted by Crippen LogP contribution is 2.59. The summed E-state index contributed by atoms with van der Waals surface area (Å²) in [6.45, 7) is 18.8. The third-order valence-corrected chi connectivity index (χ3v) is 11.4. The summed E-state index contributed by atoms with van der Waals surface area (Å²) in [6, 6.07) is 16.1. The fourth-order valence-corrected chi connectivity index (χ4v) is 9.88. The molecule has 0 saturated carbocycles. The van der Waals surface area contributed by atoms with Crippen molar-refractivity contribution in [3.8, 4) is 5.69 Å². The van der Waals surface area contributed by atoms with E-state index in [1.807, 2.05) is 13.8 Å². The largest absolute Gasteiger partial charge is 0.269 e. The van der Waals surface area contributed by atoms with Crippen molar-refractivity contribution in [1.82, 2.24) is 9.13 Å². The van der Waals surface area contributed by atoms with Gasteiger partial charge < -0.3 is 0 Å². The average molecular weight is 749 g/mol. The van der Waals surface area contributed by atoms with Crippen LogP contribution in [0.15, 0.2) is 67.7 Å². The monoisotopic (exact) mass is 748 g/mol. The van der Waals surface area contributed by atoms with Gasteiger partial charge in [0, 0.05) is 11.8 Å². The highest BCUT2D eigenvalue weighted by atomic mass is 127. The van der Waals surface area contributed by atoms with Crippen LogP contribution in [0.25, 0.3) is 27.2 Å². The van der Waals surface area contributed by atoms with Gasteiger partial charge in [-0.15, -0.1) is 0 Å². The maximum absolute atomic E-state index is 14.2. The Kier molecular flexibility index (Phi) is 6.33. The highest BCUT2D eigenvalue weighted by Gasteiger charge is 2.45. The average Bonchev–Trinajstić information content (AvgIpc) is 3.38. The minimum atomic E-state index is -0.770. The zero-order chi connectivity index (χ0) is 34.5. The Hall–Kier alpha value is -4.11. The molecule has 2 unspecified atom stereocenters. The molecule has 2 bridgehead atoms. The van der Waals surface area contributed by atoms with Crippen molar-refractivity contribution in [3.63, 3.8) is 0 Å². The minimum Gasteiger partial charge on any atom is -0.269 e. The number of alkyl halides is 1. The van der Waals surface area contributed by atoms with Crippen LogP contribution in [-0.2, 0) is 8.96 Å². The molecular weight excluding hydrogens is 711 g/mol. The van der Waals surface area contributed by atoms with E-state index in [4.69, 9.17) is 0 Å². The molecule has 0 amide bonds. The van der Waals surface area contributed by atoms with Gasteiger partial charge >= 0.3 is 0 Å². The number of halogens is 1. The lowest BCUT2D eigenvalue weighted by Crippen LogP contribution is -2.36. The van der Waals surface area contributed by atoms with Crippen molar-refractivity contribution in [3.05, 3.63) is 151 Å². The van der Waals surface area contributed by atoms with Gasteiger partial charge in [0.1, 0.15) is 0 Å². The number of hydrogen-bond acceptors (Lipinski definition) is 4. The fourth-order valence-electron chi connectivity index (χ4n) is 9.45. The molecule has 48 heavy (non-hydrogen) atoms. The minimum absolute atomic E-state index is 0.0393. The summed E-state index contributed by atoms with van der Waals surface area (Å²) in [4.78, 5) is 55.2. The predicted molar refractivity (Wildman–Crippen MR) is 202 cm³/mol. The van der Waals surface area contributed by atoms with E-state index in [1.54, 1.807) is 13.8 Å². The number of aryl methyl sites for hydroxylation is 2. The van der Waals surface area contributed by atoms with Crippen molar-refractivity contribution in [2.24, 2.45) is 0 Å². The Balaban J connectivity index is 1.43. The van der Waals surface area contributed by atoms with Gasteiger partial charge in [-0.1, -0.05) is 79.8 Å². The van der Waals surface area contributed by atoms with Gasteiger partial charge in [-0.3, -0.25) is 23.7 Å². The molecule has 2 heterocycles. The predicted octanol–water partition coefficient (Wildman–Crippen LogP) is 7.55. The van der Waals surface area contributed by atoms with E-state index >= 15 is 0 Å². The van der Waals surface area contributed by atoms with Crippen molar-refractivity contribution >= 4 is 44.1 Å². The number of aromatic nitrogens is 2. The zero-order valence-electron chi connectivity index (χ0n) is 28.7. The molecule has 9 rings (SSSR count). The van der Waals surface area contributed by atoms with Gasteiger partial charge in [0.25, 0.3) is 22.2 Å². The number of benzene rings is 4. The summed E-state index contributed by atoms with van der Waals surface area (Å²) in [5, 5.41) is 0.637. The molecule has 0 aliphatic heterocycles. The Morgan fingerprint density at radius 2 is 1.04 bits per heavy atom. The summed E-state index contributed by atoms with van der Waals surface area (Å²) < 4.78 is 1.70. The number of hydrogen-bond donors (Lipinski definition) is 0. The van der Waals surface area contributed by atoms with Gasteiger partial charge in [-0.25, -0.2) is 4.57 Å². The van der Waals surface area contributed by atoms with Crippen LogP contribution in [0.4, 0.5) is 0 Å². The normalized spacial score (nSPS) is 16.9. The first kappa shape index (κ1) is 31.2. The van der Waals surface area contributed by atoms with Gasteiger partial charge in [-0.2, -0.15) is 0 Å². The Labute approximate surface area is 291 Å². The van der Waals surface area contributed by atoms with Crippen LogP contribution in [0.1, 0.15) is 108 Å². The van der Waals surface area contributed by atoms with E-state index < -0.39 is 25.8 Å². The van der Waals surface area contributed by atoms with E-state index in [1.165, 1.54) is 65.8 Å². The summed E-state index contributed by atoms with van der Waals surface area (Å²) in [7, 11) is 0. The molecule has 2 aromatic heterocycles. The van der Waals surface area contributed by atoms with Crippen molar-refractivity contribution < 1.29 is 0 Å². The standard InChI is InChI=1S/C41H37IN2O4/c1-18-14-28-30(20(3)34(18)40(5,6)7)33-23-13-11-10-12-22(23)32(28)29-15-19(2)35(21(4)31(29)33)43-36(45)24-16-26-27(17-25(24)37(43)46)39(48)44(38(26)47)41(8,9)42/h10-17,32-33H,1-9H3. The fraction of sp³-hybridized carbons (Fsp3) is 0.317. The molecule has 0 radical (unpaired) electrons. The van der Waals surface area contributed by atoms with E-state index in [-0.39, 0.29) is 38.8 Å². The van der Waals surface area contributed by atoms with Crippen molar-refractivity contribution in [1.29, 1.82) is 0 Å². The highest BCUT2D eigenvalue weighted by molar-refractivity contribution is 14.1. The van der Waals surface area contributed by atoms with E-state index in [2.05, 4.69) is 93.6 Å². The molecule has 2 atom stereocenters. The number of rotatable bonds is 2. The first-order chi connectivity index (χ1) is 22.4. The lowest BCUT2D eigenvalue weighted by molar-refractivity contribution is 0.544. The number of nitrogens with zero attached hydrogens (tertiary/aromatic N) is 2. The Morgan fingerprint density at radius 1 is 0.583 bits per heavy atom. The van der Waals surface area contributed by atoms with Crippen LogP contribution >= 0.6 is 22.6 Å². The second kappa shape index (κ2) is 9.74. The Morgan fingerprint density at radius 3 is 1.54 bits per heavy atom.